The van der Waals surface area contributed by atoms with Crippen LogP contribution < -0.4 is 10.6 Å². The minimum atomic E-state index is -0.299. The van der Waals surface area contributed by atoms with E-state index in [2.05, 4.69) is 22.5 Å². The quantitative estimate of drug-likeness (QED) is 0.723. The highest BCUT2D eigenvalue weighted by Gasteiger charge is 2.14. The van der Waals surface area contributed by atoms with E-state index in [9.17, 15) is 9.59 Å². The van der Waals surface area contributed by atoms with Crippen LogP contribution in [0.5, 0.6) is 0 Å². The van der Waals surface area contributed by atoms with Crippen molar-refractivity contribution < 1.29 is 9.59 Å². The van der Waals surface area contributed by atoms with Gasteiger partial charge in [0.1, 0.15) is 0 Å². The molecular formula is C17H18N4O2S. The van der Waals surface area contributed by atoms with E-state index in [4.69, 9.17) is 0 Å². The zero-order valence-corrected chi connectivity index (χ0v) is 14.1. The zero-order chi connectivity index (χ0) is 16.9. The number of hydrogen-bond acceptors (Lipinski definition) is 4. The highest BCUT2D eigenvalue weighted by molar-refractivity contribution is 7.12. The second-order valence-electron chi connectivity index (χ2n) is 5.28. The van der Waals surface area contributed by atoms with Crippen LogP contribution in [0.1, 0.15) is 23.0 Å². The van der Waals surface area contributed by atoms with E-state index in [0.29, 0.717) is 10.8 Å². The van der Waals surface area contributed by atoms with E-state index in [1.54, 1.807) is 12.1 Å². The Bertz CT molecular complexity index is 855. The number of aromatic nitrogens is 2. The summed E-state index contributed by atoms with van der Waals surface area (Å²) in [6.45, 7) is 2.74. The summed E-state index contributed by atoms with van der Waals surface area (Å²) < 4.78 is 1.98. The third-order valence-electron chi connectivity index (χ3n) is 3.51. The molecule has 0 aliphatic rings. The predicted molar refractivity (Wildman–Crippen MR) is 95.3 cm³/mol. The summed E-state index contributed by atoms with van der Waals surface area (Å²) in [5.41, 5.74) is 1.82. The number of thiophene rings is 1. The van der Waals surface area contributed by atoms with Gasteiger partial charge in [0.2, 0.25) is 11.9 Å². The van der Waals surface area contributed by atoms with Crippen LogP contribution in [-0.4, -0.2) is 27.9 Å². The SMILES string of the molecule is CCCn1c(NC(=O)CNC(=O)c2cccs2)nc2ccccc21. The third-order valence-corrected chi connectivity index (χ3v) is 4.38. The van der Waals surface area contributed by atoms with Crippen molar-refractivity contribution in [2.45, 2.75) is 19.9 Å². The lowest BCUT2D eigenvalue weighted by Gasteiger charge is -2.09. The van der Waals surface area contributed by atoms with E-state index in [1.165, 1.54) is 11.3 Å². The largest absolute Gasteiger partial charge is 0.342 e. The molecule has 124 valence electrons. The Kier molecular flexibility index (Phi) is 4.90. The van der Waals surface area contributed by atoms with Gasteiger partial charge in [-0.25, -0.2) is 4.98 Å². The van der Waals surface area contributed by atoms with E-state index < -0.39 is 0 Å². The normalized spacial score (nSPS) is 10.7. The molecule has 3 rings (SSSR count). The molecule has 0 aliphatic heterocycles. The number of carbonyl (C=O) groups is 2. The van der Waals surface area contributed by atoms with Gasteiger partial charge in [0.15, 0.2) is 0 Å². The molecule has 7 heteroatoms. The first-order valence-electron chi connectivity index (χ1n) is 7.76. The Morgan fingerprint density at radius 2 is 2.04 bits per heavy atom. The van der Waals surface area contributed by atoms with Gasteiger partial charge in [-0.1, -0.05) is 25.1 Å². The van der Waals surface area contributed by atoms with Crippen LogP contribution >= 0.6 is 11.3 Å². The summed E-state index contributed by atoms with van der Waals surface area (Å²) in [4.78, 5) is 29.1. The van der Waals surface area contributed by atoms with Gasteiger partial charge in [-0.05, 0) is 30.0 Å². The Labute approximate surface area is 143 Å². The fourth-order valence-electron chi connectivity index (χ4n) is 2.45. The molecule has 0 bridgehead atoms. The van der Waals surface area contributed by atoms with Crippen molar-refractivity contribution >= 4 is 40.1 Å². The van der Waals surface area contributed by atoms with Gasteiger partial charge in [-0.3, -0.25) is 14.9 Å². The summed E-state index contributed by atoms with van der Waals surface area (Å²) in [6, 6.07) is 11.3. The molecule has 0 saturated carbocycles. The van der Waals surface area contributed by atoms with Crippen LogP contribution in [-0.2, 0) is 11.3 Å². The van der Waals surface area contributed by atoms with E-state index in [1.807, 2.05) is 34.2 Å². The second-order valence-corrected chi connectivity index (χ2v) is 6.23. The molecule has 0 spiro atoms. The van der Waals surface area contributed by atoms with Gasteiger partial charge in [0, 0.05) is 6.54 Å². The first kappa shape index (κ1) is 16.2. The molecule has 0 aliphatic carbocycles. The third kappa shape index (κ3) is 3.46. The van der Waals surface area contributed by atoms with Crippen molar-refractivity contribution in [2.24, 2.45) is 0 Å². The van der Waals surface area contributed by atoms with Crippen LogP contribution in [0, 0.1) is 0 Å². The minimum Gasteiger partial charge on any atom is -0.342 e. The van der Waals surface area contributed by atoms with Crippen LogP contribution in [0.3, 0.4) is 0 Å². The number of para-hydroxylation sites is 2. The van der Waals surface area contributed by atoms with Gasteiger partial charge in [-0.2, -0.15) is 0 Å². The van der Waals surface area contributed by atoms with Crippen molar-refractivity contribution in [1.29, 1.82) is 0 Å². The Hall–Kier alpha value is -2.67. The van der Waals surface area contributed by atoms with Gasteiger partial charge >= 0.3 is 0 Å². The first-order chi connectivity index (χ1) is 11.7. The standard InChI is InChI=1S/C17H18N4O2S/c1-2-9-21-13-7-4-3-6-12(13)19-17(21)20-15(22)11-18-16(23)14-8-5-10-24-14/h3-8,10H,2,9,11H2,1H3,(H,18,23)(H,19,20,22). The highest BCUT2D eigenvalue weighted by Crippen LogP contribution is 2.19. The average Bonchev–Trinajstić information content (AvgIpc) is 3.22. The van der Waals surface area contributed by atoms with Crippen molar-refractivity contribution in [2.75, 3.05) is 11.9 Å². The maximum atomic E-state index is 12.1. The summed E-state index contributed by atoms with van der Waals surface area (Å²) >= 11 is 1.34. The molecule has 6 nitrogen and oxygen atoms in total. The molecule has 0 atom stereocenters. The number of nitrogens with zero attached hydrogens (tertiary/aromatic N) is 2. The molecule has 24 heavy (non-hydrogen) atoms. The van der Waals surface area contributed by atoms with Gasteiger partial charge in [0.05, 0.1) is 22.5 Å². The number of anilines is 1. The number of imidazole rings is 1. The monoisotopic (exact) mass is 342 g/mol. The Morgan fingerprint density at radius 1 is 1.21 bits per heavy atom. The van der Waals surface area contributed by atoms with Gasteiger partial charge in [0.25, 0.3) is 5.91 Å². The van der Waals surface area contributed by atoms with Crippen molar-refractivity contribution in [3.05, 3.63) is 46.7 Å². The summed E-state index contributed by atoms with van der Waals surface area (Å²) in [5, 5.41) is 7.22. The summed E-state index contributed by atoms with van der Waals surface area (Å²) in [7, 11) is 0. The number of benzene rings is 1. The second kappa shape index (κ2) is 7.27. The lowest BCUT2D eigenvalue weighted by atomic mass is 10.3. The zero-order valence-electron chi connectivity index (χ0n) is 13.3. The van der Waals surface area contributed by atoms with Crippen molar-refractivity contribution in [3.8, 4) is 0 Å². The Morgan fingerprint density at radius 3 is 2.79 bits per heavy atom. The number of nitrogens with one attached hydrogen (secondary N) is 2. The molecule has 2 N–H and O–H groups in total. The minimum absolute atomic E-state index is 0.0912. The number of amides is 2. The molecular weight excluding hydrogens is 324 g/mol. The number of aryl methyl sites for hydroxylation is 1. The molecule has 2 amide bonds. The molecule has 0 fully saturated rings. The predicted octanol–water partition coefficient (Wildman–Crippen LogP) is 2.88. The molecule has 1 aromatic carbocycles. The van der Waals surface area contributed by atoms with Gasteiger partial charge in [-0.15, -0.1) is 11.3 Å². The number of hydrogen-bond donors (Lipinski definition) is 2. The number of carbonyl (C=O) groups excluding carboxylic acids is 2. The lowest BCUT2D eigenvalue weighted by Crippen LogP contribution is -2.33. The van der Waals surface area contributed by atoms with Crippen LogP contribution in [0.25, 0.3) is 11.0 Å². The number of fused-ring (bicyclic) bond motifs is 1. The van der Waals surface area contributed by atoms with E-state index >= 15 is 0 Å². The van der Waals surface area contributed by atoms with Gasteiger partial charge < -0.3 is 9.88 Å². The maximum absolute atomic E-state index is 12.1. The smallest absolute Gasteiger partial charge is 0.261 e. The lowest BCUT2D eigenvalue weighted by molar-refractivity contribution is -0.115. The number of rotatable bonds is 6. The summed E-state index contributed by atoms with van der Waals surface area (Å²) in [5.74, 6) is -0.0387. The molecule has 0 unspecified atom stereocenters. The summed E-state index contributed by atoms with van der Waals surface area (Å²) in [6.07, 6.45) is 0.929. The van der Waals surface area contributed by atoms with Crippen LogP contribution in [0.15, 0.2) is 41.8 Å². The first-order valence-corrected chi connectivity index (χ1v) is 8.64. The molecule has 2 aromatic heterocycles. The molecule has 0 saturated heterocycles. The van der Waals surface area contributed by atoms with Crippen molar-refractivity contribution in [1.82, 2.24) is 14.9 Å². The van der Waals surface area contributed by atoms with Crippen molar-refractivity contribution in [3.63, 3.8) is 0 Å². The maximum Gasteiger partial charge on any atom is 0.261 e. The molecule has 0 radical (unpaired) electrons. The topological polar surface area (TPSA) is 76.0 Å². The highest BCUT2D eigenvalue weighted by atomic mass is 32.1. The molecule has 2 heterocycles. The molecule has 3 aromatic rings. The average molecular weight is 342 g/mol. The van der Waals surface area contributed by atoms with Crippen LogP contribution in [0.2, 0.25) is 0 Å². The fourth-order valence-corrected chi connectivity index (χ4v) is 3.09. The Balaban J connectivity index is 1.69. The fraction of sp³-hybridized carbons (Fsp3) is 0.235. The van der Waals surface area contributed by atoms with Crippen LogP contribution in [0.4, 0.5) is 5.95 Å². The van der Waals surface area contributed by atoms with E-state index in [0.717, 1.165) is 24.0 Å². The van der Waals surface area contributed by atoms with E-state index in [-0.39, 0.29) is 18.4 Å².